The first-order valence-corrected chi connectivity index (χ1v) is 5.20. The summed E-state index contributed by atoms with van der Waals surface area (Å²) in [7, 11) is 0. The molecular formula is C13H11FO3. The van der Waals surface area contributed by atoms with E-state index in [2.05, 4.69) is 0 Å². The van der Waals surface area contributed by atoms with Crippen LogP contribution in [0.5, 0.6) is 5.75 Å². The molecule has 0 spiro atoms. The fourth-order valence-electron chi connectivity index (χ4n) is 1.88. The van der Waals surface area contributed by atoms with E-state index in [1.54, 1.807) is 18.2 Å². The van der Waals surface area contributed by atoms with Gasteiger partial charge in [0, 0.05) is 17.4 Å². The molecule has 0 aromatic heterocycles. The minimum atomic E-state index is -0.974. The third kappa shape index (κ3) is 2.20. The first-order chi connectivity index (χ1) is 8.09. The van der Waals surface area contributed by atoms with Crippen LogP contribution in [0.15, 0.2) is 30.3 Å². The number of carboxylic acid groups (broad SMARTS) is 1. The summed E-state index contributed by atoms with van der Waals surface area (Å²) in [6.45, 7) is 0. The lowest BCUT2D eigenvalue weighted by atomic mass is 9.99. The lowest BCUT2D eigenvalue weighted by Crippen LogP contribution is -1.99. The smallest absolute Gasteiger partial charge is 0.303 e. The van der Waals surface area contributed by atoms with Crippen LogP contribution in [0.4, 0.5) is 4.39 Å². The molecule has 0 aliphatic rings. The molecule has 2 aromatic carbocycles. The van der Waals surface area contributed by atoms with E-state index in [4.69, 9.17) is 5.11 Å². The molecule has 2 aromatic rings. The average molecular weight is 234 g/mol. The molecule has 0 bridgehead atoms. The van der Waals surface area contributed by atoms with Crippen LogP contribution in [0.3, 0.4) is 0 Å². The summed E-state index contributed by atoms with van der Waals surface area (Å²) >= 11 is 0. The molecular weight excluding hydrogens is 223 g/mol. The number of carbonyl (C=O) groups is 1. The van der Waals surface area contributed by atoms with Gasteiger partial charge in [-0.15, -0.1) is 0 Å². The van der Waals surface area contributed by atoms with Gasteiger partial charge in [-0.1, -0.05) is 18.2 Å². The standard InChI is InChI=1S/C13H11FO3/c14-10-3-1-2-8-4-6-11(15)9(13(8)10)5-7-12(16)17/h1-4,6,15H,5,7H2,(H,16,17). The quantitative estimate of drug-likeness (QED) is 0.858. The van der Waals surface area contributed by atoms with Crippen molar-refractivity contribution >= 4 is 16.7 Å². The summed E-state index contributed by atoms with van der Waals surface area (Å²) in [4.78, 5) is 10.5. The Hall–Kier alpha value is -2.10. The van der Waals surface area contributed by atoms with Crippen molar-refractivity contribution in [1.82, 2.24) is 0 Å². The molecule has 0 aliphatic heterocycles. The predicted octanol–water partition coefficient (Wildman–Crippen LogP) is 2.70. The Balaban J connectivity index is 2.58. The molecule has 2 rings (SSSR count). The maximum Gasteiger partial charge on any atom is 0.303 e. The van der Waals surface area contributed by atoms with Gasteiger partial charge in [0.2, 0.25) is 0 Å². The number of aliphatic carboxylic acids is 1. The molecule has 0 atom stereocenters. The first-order valence-electron chi connectivity index (χ1n) is 5.20. The van der Waals surface area contributed by atoms with Crippen LogP contribution in [0.2, 0.25) is 0 Å². The van der Waals surface area contributed by atoms with Gasteiger partial charge in [-0.3, -0.25) is 4.79 Å². The highest BCUT2D eigenvalue weighted by Gasteiger charge is 2.12. The van der Waals surface area contributed by atoms with E-state index in [0.29, 0.717) is 16.3 Å². The average Bonchev–Trinajstić information content (AvgIpc) is 2.28. The van der Waals surface area contributed by atoms with E-state index in [9.17, 15) is 14.3 Å². The molecule has 0 unspecified atom stereocenters. The molecule has 88 valence electrons. The van der Waals surface area contributed by atoms with Gasteiger partial charge in [-0.2, -0.15) is 0 Å². The molecule has 2 N–H and O–H groups in total. The van der Waals surface area contributed by atoms with E-state index in [1.807, 2.05) is 0 Å². The zero-order valence-electron chi connectivity index (χ0n) is 8.98. The molecule has 4 heteroatoms. The number of benzene rings is 2. The Morgan fingerprint density at radius 1 is 1.24 bits per heavy atom. The van der Waals surface area contributed by atoms with E-state index < -0.39 is 11.8 Å². The maximum absolute atomic E-state index is 13.7. The van der Waals surface area contributed by atoms with Crippen LogP contribution >= 0.6 is 0 Å². The second-order valence-electron chi connectivity index (χ2n) is 3.79. The largest absolute Gasteiger partial charge is 0.508 e. The van der Waals surface area contributed by atoms with Gasteiger partial charge in [0.1, 0.15) is 11.6 Å². The van der Waals surface area contributed by atoms with Crippen molar-refractivity contribution in [1.29, 1.82) is 0 Å². The number of hydrogen-bond acceptors (Lipinski definition) is 2. The predicted molar refractivity (Wildman–Crippen MR) is 61.5 cm³/mol. The summed E-state index contributed by atoms with van der Waals surface area (Å²) in [5, 5.41) is 19.3. The number of phenols is 1. The summed E-state index contributed by atoms with van der Waals surface area (Å²) in [6.07, 6.45) is -0.0273. The Kier molecular flexibility index (Phi) is 2.95. The number of aryl methyl sites for hydroxylation is 1. The third-order valence-electron chi connectivity index (χ3n) is 2.67. The molecule has 0 saturated carbocycles. The Labute approximate surface area is 97.1 Å². The van der Waals surface area contributed by atoms with Crippen LogP contribution in [0, 0.1) is 5.82 Å². The lowest BCUT2D eigenvalue weighted by Gasteiger charge is -2.08. The number of carboxylic acids is 1. The molecule has 0 heterocycles. The van der Waals surface area contributed by atoms with Crippen molar-refractivity contribution in [3.63, 3.8) is 0 Å². The van der Waals surface area contributed by atoms with Crippen molar-refractivity contribution in [2.75, 3.05) is 0 Å². The second kappa shape index (κ2) is 4.41. The van der Waals surface area contributed by atoms with Crippen LogP contribution in [0.25, 0.3) is 10.8 Å². The fraction of sp³-hybridized carbons (Fsp3) is 0.154. The minimum Gasteiger partial charge on any atom is -0.508 e. The Morgan fingerprint density at radius 3 is 2.71 bits per heavy atom. The van der Waals surface area contributed by atoms with Crippen LogP contribution in [-0.2, 0) is 11.2 Å². The number of halogens is 1. The second-order valence-corrected chi connectivity index (χ2v) is 3.79. The van der Waals surface area contributed by atoms with Crippen LogP contribution in [0.1, 0.15) is 12.0 Å². The van der Waals surface area contributed by atoms with Gasteiger partial charge in [0.15, 0.2) is 0 Å². The molecule has 3 nitrogen and oxygen atoms in total. The SMILES string of the molecule is O=C(O)CCc1c(O)ccc2cccc(F)c12. The molecule has 0 fully saturated rings. The van der Waals surface area contributed by atoms with E-state index in [-0.39, 0.29) is 18.6 Å². The van der Waals surface area contributed by atoms with Gasteiger partial charge >= 0.3 is 5.97 Å². The van der Waals surface area contributed by atoms with Gasteiger partial charge in [-0.05, 0) is 23.9 Å². The Morgan fingerprint density at radius 2 is 2.00 bits per heavy atom. The normalized spacial score (nSPS) is 10.6. The fourth-order valence-corrected chi connectivity index (χ4v) is 1.88. The van der Waals surface area contributed by atoms with Crippen molar-refractivity contribution < 1.29 is 19.4 Å². The molecule has 0 aliphatic carbocycles. The van der Waals surface area contributed by atoms with Crippen molar-refractivity contribution in [3.8, 4) is 5.75 Å². The van der Waals surface area contributed by atoms with Crippen molar-refractivity contribution in [2.24, 2.45) is 0 Å². The number of phenolic OH excluding ortho intramolecular Hbond substituents is 1. The van der Waals surface area contributed by atoms with Gasteiger partial charge < -0.3 is 10.2 Å². The first kappa shape index (κ1) is 11.4. The molecule has 0 radical (unpaired) electrons. The van der Waals surface area contributed by atoms with Crippen LogP contribution in [-0.4, -0.2) is 16.2 Å². The van der Waals surface area contributed by atoms with Crippen molar-refractivity contribution in [2.45, 2.75) is 12.8 Å². The number of fused-ring (bicyclic) bond motifs is 1. The number of hydrogen-bond donors (Lipinski definition) is 2. The zero-order chi connectivity index (χ0) is 12.4. The summed E-state index contributed by atoms with van der Waals surface area (Å²) in [5.41, 5.74) is 0.350. The minimum absolute atomic E-state index is 0.0659. The summed E-state index contributed by atoms with van der Waals surface area (Å²) < 4.78 is 13.7. The van der Waals surface area contributed by atoms with E-state index in [0.717, 1.165) is 0 Å². The molecule has 0 saturated heterocycles. The van der Waals surface area contributed by atoms with Gasteiger partial charge in [0.05, 0.1) is 0 Å². The maximum atomic E-state index is 13.7. The molecule has 17 heavy (non-hydrogen) atoms. The van der Waals surface area contributed by atoms with E-state index in [1.165, 1.54) is 12.1 Å². The Bertz CT molecular complexity index is 578. The highest BCUT2D eigenvalue weighted by Crippen LogP contribution is 2.30. The molecule has 0 amide bonds. The van der Waals surface area contributed by atoms with Crippen LogP contribution < -0.4 is 0 Å². The summed E-state index contributed by atoms with van der Waals surface area (Å²) in [5.74, 6) is -1.49. The number of aromatic hydroxyl groups is 1. The third-order valence-corrected chi connectivity index (χ3v) is 2.67. The topological polar surface area (TPSA) is 57.5 Å². The van der Waals surface area contributed by atoms with E-state index >= 15 is 0 Å². The van der Waals surface area contributed by atoms with Gasteiger partial charge in [0.25, 0.3) is 0 Å². The zero-order valence-corrected chi connectivity index (χ0v) is 8.98. The number of rotatable bonds is 3. The highest BCUT2D eigenvalue weighted by molar-refractivity contribution is 5.88. The lowest BCUT2D eigenvalue weighted by molar-refractivity contribution is -0.136. The summed E-state index contributed by atoms with van der Waals surface area (Å²) in [6, 6.07) is 7.67. The monoisotopic (exact) mass is 234 g/mol. The van der Waals surface area contributed by atoms with Crippen molar-refractivity contribution in [3.05, 3.63) is 41.7 Å². The van der Waals surface area contributed by atoms with Gasteiger partial charge in [-0.25, -0.2) is 4.39 Å². The highest BCUT2D eigenvalue weighted by atomic mass is 19.1.